The van der Waals surface area contributed by atoms with Gasteiger partial charge in [0.25, 0.3) is 0 Å². The van der Waals surface area contributed by atoms with Gasteiger partial charge in [0.15, 0.2) is 0 Å². The minimum absolute atomic E-state index is 0.537. The number of rotatable bonds is 2. The number of aryl methyl sites for hydroxylation is 1. The number of halogens is 1. The molecule has 0 amide bonds. The molecule has 4 nitrogen and oxygen atoms in total. The van der Waals surface area contributed by atoms with Crippen molar-refractivity contribution in [3.63, 3.8) is 0 Å². The fourth-order valence-electron chi connectivity index (χ4n) is 2.85. The number of nitrogens with zero attached hydrogens (tertiary/aromatic N) is 3. The molecule has 0 bridgehead atoms. The third kappa shape index (κ3) is 2.55. The van der Waals surface area contributed by atoms with Gasteiger partial charge in [0.05, 0.1) is 17.6 Å². The molecule has 1 aromatic heterocycles. The van der Waals surface area contributed by atoms with Gasteiger partial charge in [-0.05, 0) is 32.0 Å². The van der Waals surface area contributed by atoms with E-state index >= 15 is 0 Å². The maximum Gasteiger partial charge on any atom is 0.123 e. The molecule has 2 unspecified atom stereocenters. The summed E-state index contributed by atoms with van der Waals surface area (Å²) in [6.07, 6.45) is 0. The maximum atomic E-state index is 6.07. The number of hydrogen-bond acceptors (Lipinski definition) is 3. The smallest absolute Gasteiger partial charge is 0.123 e. The lowest BCUT2D eigenvalue weighted by Gasteiger charge is -2.37. The van der Waals surface area contributed by atoms with E-state index in [-0.39, 0.29) is 0 Å². The third-order valence-electron chi connectivity index (χ3n) is 4.17. The second-order valence-corrected chi connectivity index (χ2v) is 6.24. The van der Waals surface area contributed by atoms with E-state index in [4.69, 9.17) is 16.6 Å². The molecule has 108 valence electrons. The summed E-state index contributed by atoms with van der Waals surface area (Å²) in [5, 5.41) is 4.27. The number of aromatic nitrogens is 2. The molecular weight excluding hydrogens is 272 g/mol. The molecule has 2 atom stereocenters. The van der Waals surface area contributed by atoms with Gasteiger partial charge in [-0.3, -0.25) is 4.90 Å². The number of imidazole rings is 1. The van der Waals surface area contributed by atoms with Gasteiger partial charge in [-0.2, -0.15) is 0 Å². The fraction of sp³-hybridized carbons (Fsp3) is 0.533. The van der Waals surface area contributed by atoms with Crippen molar-refractivity contribution in [2.45, 2.75) is 32.5 Å². The first-order valence-electron chi connectivity index (χ1n) is 7.13. The molecule has 2 heterocycles. The zero-order valence-corrected chi connectivity index (χ0v) is 13.0. The lowest BCUT2D eigenvalue weighted by Crippen LogP contribution is -2.53. The van der Waals surface area contributed by atoms with Gasteiger partial charge in [-0.1, -0.05) is 11.6 Å². The zero-order chi connectivity index (χ0) is 14.3. The van der Waals surface area contributed by atoms with Gasteiger partial charge in [0, 0.05) is 37.2 Å². The summed E-state index contributed by atoms with van der Waals surface area (Å²) < 4.78 is 2.15. The van der Waals surface area contributed by atoms with E-state index < -0.39 is 0 Å². The van der Waals surface area contributed by atoms with Crippen LogP contribution in [-0.2, 0) is 13.6 Å². The highest BCUT2D eigenvalue weighted by Crippen LogP contribution is 2.21. The van der Waals surface area contributed by atoms with Crippen LogP contribution >= 0.6 is 11.6 Å². The quantitative estimate of drug-likeness (QED) is 0.923. The average Bonchev–Trinajstić information content (AvgIpc) is 2.71. The predicted octanol–water partition coefficient (Wildman–Crippen LogP) is 2.41. The SMILES string of the molecule is CC1CN(Cc2nc3ccc(Cl)cc3n2C)C(C)CN1. The monoisotopic (exact) mass is 292 g/mol. The maximum absolute atomic E-state index is 6.07. The van der Waals surface area contributed by atoms with Gasteiger partial charge in [-0.15, -0.1) is 0 Å². The first-order chi connectivity index (χ1) is 9.54. The molecule has 1 aliphatic rings. The summed E-state index contributed by atoms with van der Waals surface area (Å²) in [4.78, 5) is 7.24. The molecule has 1 saturated heterocycles. The highest BCUT2D eigenvalue weighted by molar-refractivity contribution is 6.31. The van der Waals surface area contributed by atoms with Crippen molar-refractivity contribution in [2.24, 2.45) is 7.05 Å². The molecule has 1 aromatic carbocycles. The van der Waals surface area contributed by atoms with E-state index in [1.54, 1.807) is 0 Å². The van der Waals surface area contributed by atoms with Crippen LogP contribution in [-0.4, -0.2) is 39.6 Å². The summed E-state index contributed by atoms with van der Waals surface area (Å²) in [6, 6.07) is 6.95. The normalized spacial score (nSPS) is 24.4. The minimum Gasteiger partial charge on any atom is -0.330 e. The van der Waals surface area contributed by atoms with Gasteiger partial charge in [-0.25, -0.2) is 4.98 Å². The second-order valence-electron chi connectivity index (χ2n) is 5.81. The first kappa shape index (κ1) is 13.9. The second kappa shape index (κ2) is 5.35. The van der Waals surface area contributed by atoms with Gasteiger partial charge in [0.1, 0.15) is 5.82 Å². The van der Waals surface area contributed by atoms with Crippen molar-refractivity contribution in [1.82, 2.24) is 19.8 Å². The Balaban J connectivity index is 1.88. The van der Waals surface area contributed by atoms with Crippen molar-refractivity contribution < 1.29 is 0 Å². The molecule has 2 aromatic rings. The molecule has 0 saturated carbocycles. The summed E-state index contributed by atoms with van der Waals surface area (Å²) in [6.45, 7) is 7.48. The largest absolute Gasteiger partial charge is 0.330 e. The molecule has 1 fully saturated rings. The lowest BCUT2D eigenvalue weighted by molar-refractivity contribution is 0.134. The van der Waals surface area contributed by atoms with Gasteiger partial charge in [0.2, 0.25) is 0 Å². The number of nitrogens with one attached hydrogen (secondary N) is 1. The summed E-state index contributed by atoms with van der Waals surface area (Å²) >= 11 is 6.07. The predicted molar refractivity (Wildman–Crippen MR) is 83.1 cm³/mol. The van der Waals surface area contributed by atoms with Crippen molar-refractivity contribution >= 4 is 22.6 Å². The van der Waals surface area contributed by atoms with Gasteiger partial charge >= 0.3 is 0 Å². The molecule has 0 aliphatic carbocycles. The van der Waals surface area contributed by atoms with Crippen LogP contribution in [0.2, 0.25) is 5.02 Å². The molecular formula is C15H21ClN4. The highest BCUT2D eigenvalue weighted by atomic mass is 35.5. The Morgan fingerprint density at radius 2 is 2.20 bits per heavy atom. The summed E-state index contributed by atoms with van der Waals surface area (Å²) in [5.41, 5.74) is 2.12. The van der Waals surface area contributed by atoms with Gasteiger partial charge < -0.3 is 9.88 Å². The van der Waals surface area contributed by atoms with Crippen LogP contribution in [0.25, 0.3) is 11.0 Å². The number of hydrogen-bond donors (Lipinski definition) is 1. The van der Waals surface area contributed by atoms with Crippen molar-refractivity contribution in [3.8, 4) is 0 Å². The Kier molecular flexibility index (Phi) is 3.71. The van der Waals surface area contributed by atoms with Crippen LogP contribution in [0, 0.1) is 0 Å². The van der Waals surface area contributed by atoms with E-state index in [2.05, 4.69) is 35.7 Å². The number of piperazine rings is 1. The third-order valence-corrected chi connectivity index (χ3v) is 4.41. The van der Waals surface area contributed by atoms with Crippen molar-refractivity contribution in [2.75, 3.05) is 13.1 Å². The van der Waals surface area contributed by atoms with E-state index in [1.807, 2.05) is 18.2 Å². The van der Waals surface area contributed by atoms with E-state index in [9.17, 15) is 0 Å². The Bertz CT molecular complexity index is 622. The first-order valence-corrected chi connectivity index (χ1v) is 7.50. The number of fused-ring (bicyclic) bond motifs is 1. The highest BCUT2D eigenvalue weighted by Gasteiger charge is 2.23. The molecule has 1 aliphatic heterocycles. The molecule has 3 rings (SSSR count). The summed E-state index contributed by atoms with van der Waals surface area (Å²) in [5.74, 6) is 1.10. The van der Waals surface area contributed by atoms with E-state index in [0.717, 1.165) is 41.5 Å². The van der Waals surface area contributed by atoms with Crippen LogP contribution in [0.3, 0.4) is 0 Å². The van der Waals surface area contributed by atoms with Crippen molar-refractivity contribution in [1.29, 1.82) is 0 Å². The molecule has 5 heteroatoms. The van der Waals surface area contributed by atoms with E-state index in [0.29, 0.717) is 12.1 Å². The summed E-state index contributed by atoms with van der Waals surface area (Å²) in [7, 11) is 2.07. The Labute approximate surface area is 124 Å². The molecule has 0 radical (unpaired) electrons. The number of benzene rings is 1. The standard InChI is InChI=1S/C15H21ClN4/c1-10-8-20(11(2)7-17-10)9-15-18-13-5-4-12(16)6-14(13)19(15)3/h4-6,10-11,17H,7-9H2,1-3H3. The topological polar surface area (TPSA) is 33.1 Å². The van der Waals surface area contributed by atoms with Crippen LogP contribution in [0.5, 0.6) is 0 Å². The van der Waals surface area contributed by atoms with Crippen LogP contribution in [0.15, 0.2) is 18.2 Å². The lowest BCUT2D eigenvalue weighted by atomic mass is 10.1. The zero-order valence-electron chi connectivity index (χ0n) is 12.2. The molecule has 1 N–H and O–H groups in total. The average molecular weight is 293 g/mol. The fourth-order valence-corrected chi connectivity index (χ4v) is 3.02. The van der Waals surface area contributed by atoms with Crippen LogP contribution < -0.4 is 5.32 Å². The van der Waals surface area contributed by atoms with E-state index in [1.165, 1.54) is 0 Å². The Morgan fingerprint density at radius 3 is 3.00 bits per heavy atom. The van der Waals surface area contributed by atoms with Crippen molar-refractivity contribution in [3.05, 3.63) is 29.0 Å². The Morgan fingerprint density at radius 1 is 1.40 bits per heavy atom. The van der Waals surface area contributed by atoms with Crippen LogP contribution in [0.4, 0.5) is 0 Å². The molecule has 0 spiro atoms. The van der Waals surface area contributed by atoms with Crippen LogP contribution in [0.1, 0.15) is 19.7 Å². The minimum atomic E-state index is 0.537. The Hall–Kier alpha value is -1.10. The molecule has 20 heavy (non-hydrogen) atoms.